The molecule has 2 N–H and O–H groups in total. The van der Waals surface area contributed by atoms with Gasteiger partial charge in [-0.2, -0.15) is 5.10 Å². The first-order valence-electron chi connectivity index (χ1n) is 6.19. The highest BCUT2D eigenvalue weighted by Crippen LogP contribution is 2.36. The second-order valence-electron chi connectivity index (χ2n) is 4.81. The fourth-order valence-corrected chi connectivity index (χ4v) is 2.09. The average Bonchev–Trinajstić information content (AvgIpc) is 3.04. The Morgan fingerprint density at radius 1 is 1.24 bits per heavy atom. The highest BCUT2D eigenvalue weighted by molar-refractivity contribution is 5.30. The van der Waals surface area contributed by atoms with Crippen LogP contribution in [0, 0.1) is 5.92 Å². The summed E-state index contributed by atoms with van der Waals surface area (Å²) in [6, 6.07) is 12.2. The van der Waals surface area contributed by atoms with Crippen LogP contribution in [0.1, 0.15) is 31.0 Å². The van der Waals surface area contributed by atoms with Crippen molar-refractivity contribution in [1.82, 2.24) is 9.78 Å². The number of aromatic nitrogens is 2. The SMILES string of the molecule is NC(CC1CC1)c1ccn(-c2ccccc2)n1. The zero-order chi connectivity index (χ0) is 11.7. The van der Waals surface area contributed by atoms with Crippen LogP contribution in [-0.4, -0.2) is 9.78 Å². The second-order valence-corrected chi connectivity index (χ2v) is 4.81. The smallest absolute Gasteiger partial charge is 0.0796 e. The van der Waals surface area contributed by atoms with E-state index in [1.807, 2.05) is 47.3 Å². The Morgan fingerprint density at radius 3 is 2.71 bits per heavy atom. The maximum atomic E-state index is 6.15. The summed E-state index contributed by atoms with van der Waals surface area (Å²) in [5.41, 5.74) is 8.23. The second kappa shape index (κ2) is 4.34. The van der Waals surface area contributed by atoms with Crippen molar-refractivity contribution in [2.75, 3.05) is 0 Å². The van der Waals surface area contributed by atoms with E-state index in [9.17, 15) is 0 Å². The van der Waals surface area contributed by atoms with Crippen molar-refractivity contribution in [3.8, 4) is 5.69 Å². The van der Waals surface area contributed by atoms with Crippen molar-refractivity contribution < 1.29 is 0 Å². The van der Waals surface area contributed by atoms with E-state index in [0.29, 0.717) is 0 Å². The molecule has 0 radical (unpaired) electrons. The van der Waals surface area contributed by atoms with E-state index < -0.39 is 0 Å². The maximum absolute atomic E-state index is 6.15. The van der Waals surface area contributed by atoms with E-state index in [0.717, 1.165) is 23.7 Å². The van der Waals surface area contributed by atoms with Gasteiger partial charge in [0.25, 0.3) is 0 Å². The summed E-state index contributed by atoms with van der Waals surface area (Å²) < 4.78 is 1.89. The van der Waals surface area contributed by atoms with Crippen LogP contribution in [-0.2, 0) is 0 Å². The first-order chi connectivity index (χ1) is 8.33. The van der Waals surface area contributed by atoms with Crippen LogP contribution in [0.5, 0.6) is 0 Å². The van der Waals surface area contributed by atoms with Crippen molar-refractivity contribution in [2.24, 2.45) is 11.7 Å². The Labute approximate surface area is 101 Å². The van der Waals surface area contributed by atoms with E-state index in [2.05, 4.69) is 5.10 Å². The molecule has 1 aliphatic carbocycles. The van der Waals surface area contributed by atoms with Gasteiger partial charge in [-0.3, -0.25) is 0 Å². The molecule has 0 spiro atoms. The van der Waals surface area contributed by atoms with Crippen molar-refractivity contribution in [3.63, 3.8) is 0 Å². The summed E-state index contributed by atoms with van der Waals surface area (Å²) in [6.07, 6.45) is 5.74. The largest absolute Gasteiger partial charge is 0.323 e. The molecule has 2 aromatic rings. The zero-order valence-corrected chi connectivity index (χ0v) is 9.79. The lowest BCUT2D eigenvalue weighted by Gasteiger charge is -2.07. The zero-order valence-electron chi connectivity index (χ0n) is 9.79. The third kappa shape index (κ3) is 2.39. The van der Waals surface area contributed by atoms with Gasteiger partial charge < -0.3 is 5.73 Å². The minimum atomic E-state index is 0.0902. The summed E-state index contributed by atoms with van der Waals surface area (Å²) in [6.45, 7) is 0. The van der Waals surface area contributed by atoms with Crippen LogP contribution in [0.15, 0.2) is 42.6 Å². The lowest BCUT2D eigenvalue weighted by Crippen LogP contribution is -2.12. The van der Waals surface area contributed by atoms with Gasteiger partial charge in [0.1, 0.15) is 0 Å². The monoisotopic (exact) mass is 227 g/mol. The van der Waals surface area contributed by atoms with Gasteiger partial charge in [-0.1, -0.05) is 31.0 Å². The number of benzene rings is 1. The molecule has 1 aromatic heterocycles. The van der Waals surface area contributed by atoms with Crippen LogP contribution >= 0.6 is 0 Å². The Kier molecular flexibility index (Phi) is 2.69. The van der Waals surface area contributed by atoms with Crippen LogP contribution in [0.4, 0.5) is 0 Å². The molecule has 1 atom stereocenters. The Morgan fingerprint density at radius 2 is 2.00 bits per heavy atom. The van der Waals surface area contributed by atoms with Gasteiger partial charge in [0.2, 0.25) is 0 Å². The summed E-state index contributed by atoms with van der Waals surface area (Å²) in [5, 5.41) is 4.55. The molecule has 1 heterocycles. The van der Waals surface area contributed by atoms with Gasteiger partial charge in [0.05, 0.1) is 11.4 Å². The lowest BCUT2D eigenvalue weighted by molar-refractivity contribution is 0.577. The standard InChI is InChI=1S/C14H17N3/c15-13(10-11-6-7-11)14-8-9-17(16-14)12-4-2-1-3-5-12/h1-5,8-9,11,13H,6-7,10,15H2. The normalized spacial score (nSPS) is 17.0. The minimum Gasteiger partial charge on any atom is -0.323 e. The third-order valence-corrected chi connectivity index (χ3v) is 3.29. The van der Waals surface area contributed by atoms with Gasteiger partial charge in [0.15, 0.2) is 0 Å². The fourth-order valence-electron chi connectivity index (χ4n) is 2.09. The Bertz CT molecular complexity index is 485. The summed E-state index contributed by atoms with van der Waals surface area (Å²) in [7, 11) is 0. The summed E-state index contributed by atoms with van der Waals surface area (Å²) in [5.74, 6) is 0.840. The van der Waals surface area contributed by atoms with Crippen LogP contribution in [0.25, 0.3) is 5.69 Å². The van der Waals surface area contributed by atoms with Crippen molar-refractivity contribution in [1.29, 1.82) is 0 Å². The molecule has 0 saturated heterocycles. The minimum absolute atomic E-state index is 0.0902. The topological polar surface area (TPSA) is 43.8 Å². The highest BCUT2D eigenvalue weighted by atomic mass is 15.3. The van der Waals surface area contributed by atoms with Gasteiger partial charge >= 0.3 is 0 Å². The quantitative estimate of drug-likeness (QED) is 0.872. The first-order valence-corrected chi connectivity index (χ1v) is 6.19. The number of nitrogens with two attached hydrogens (primary N) is 1. The van der Waals surface area contributed by atoms with Gasteiger partial charge in [0, 0.05) is 12.2 Å². The van der Waals surface area contributed by atoms with Crippen LogP contribution < -0.4 is 5.73 Å². The molecule has 1 unspecified atom stereocenters. The van der Waals surface area contributed by atoms with Gasteiger partial charge in [-0.05, 0) is 30.5 Å². The van der Waals surface area contributed by atoms with E-state index in [4.69, 9.17) is 5.73 Å². The van der Waals surface area contributed by atoms with E-state index >= 15 is 0 Å². The maximum Gasteiger partial charge on any atom is 0.0796 e. The van der Waals surface area contributed by atoms with Crippen molar-refractivity contribution in [3.05, 3.63) is 48.3 Å². The molecule has 1 aliphatic rings. The molecule has 0 aliphatic heterocycles. The average molecular weight is 227 g/mol. The van der Waals surface area contributed by atoms with Crippen LogP contribution in [0.2, 0.25) is 0 Å². The molecule has 0 amide bonds. The van der Waals surface area contributed by atoms with E-state index in [1.54, 1.807) is 0 Å². The Hall–Kier alpha value is -1.61. The van der Waals surface area contributed by atoms with Crippen LogP contribution in [0.3, 0.4) is 0 Å². The van der Waals surface area contributed by atoms with Gasteiger partial charge in [-0.25, -0.2) is 4.68 Å². The predicted molar refractivity (Wildman–Crippen MR) is 67.8 cm³/mol. The molecule has 3 nitrogen and oxygen atoms in total. The van der Waals surface area contributed by atoms with E-state index in [1.165, 1.54) is 12.8 Å². The Balaban J connectivity index is 1.77. The molecular weight excluding hydrogens is 210 g/mol. The molecule has 1 saturated carbocycles. The first kappa shape index (κ1) is 10.5. The van der Waals surface area contributed by atoms with E-state index in [-0.39, 0.29) is 6.04 Å². The number of nitrogens with zero attached hydrogens (tertiary/aromatic N) is 2. The third-order valence-electron chi connectivity index (χ3n) is 3.29. The molecule has 3 heteroatoms. The molecule has 17 heavy (non-hydrogen) atoms. The van der Waals surface area contributed by atoms with Crippen molar-refractivity contribution in [2.45, 2.75) is 25.3 Å². The number of hydrogen-bond donors (Lipinski definition) is 1. The fraction of sp³-hybridized carbons (Fsp3) is 0.357. The highest BCUT2D eigenvalue weighted by Gasteiger charge is 2.25. The molecule has 3 rings (SSSR count). The number of rotatable bonds is 4. The predicted octanol–water partition coefficient (Wildman–Crippen LogP) is 2.67. The number of hydrogen-bond acceptors (Lipinski definition) is 2. The van der Waals surface area contributed by atoms with Gasteiger partial charge in [-0.15, -0.1) is 0 Å². The molecule has 88 valence electrons. The summed E-state index contributed by atoms with van der Waals surface area (Å²) in [4.78, 5) is 0. The molecule has 0 bridgehead atoms. The molecular formula is C14H17N3. The molecule has 1 aromatic carbocycles. The molecule has 1 fully saturated rings. The summed E-state index contributed by atoms with van der Waals surface area (Å²) >= 11 is 0. The van der Waals surface area contributed by atoms with Crippen molar-refractivity contribution >= 4 is 0 Å². The lowest BCUT2D eigenvalue weighted by atomic mass is 10.1. The number of para-hydroxylation sites is 1.